The molecule has 0 radical (unpaired) electrons. The number of hydrogen-bond acceptors (Lipinski definition) is 4. The maximum absolute atomic E-state index is 12.4. The van der Waals surface area contributed by atoms with Crippen LogP contribution in [0.15, 0.2) is 35.1 Å². The van der Waals surface area contributed by atoms with Crippen LogP contribution in [0.5, 0.6) is 5.75 Å². The molecule has 0 spiro atoms. The number of aromatic nitrogens is 2. The third-order valence-corrected chi connectivity index (χ3v) is 3.32. The Morgan fingerprint density at radius 1 is 1.27 bits per heavy atom. The molecule has 0 aliphatic carbocycles. The molecular formula is C16H19N3O3. The molecular weight excluding hydrogens is 282 g/mol. The molecule has 0 aliphatic rings. The van der Waals surface area contributed by atoms with Gasteiger partial charge in [0, 0.05) is 6.07 Å². The highest BCUT2D eigenvalue weighted by Gasteiger charge is 2.19. The van der Waals surface area contributed by atoms with Crippen molar-refractivity contribution >= 4 is 11.6 Å². The van der Waals surface area contributed by atoms with Crippen LogP contribution in [0.2, 0.25) is 0 Å². The lowest BCUT2D eigenvalue weighted by molar-refractivity contribution is -0.119. The van der Waals surface area contributed by atoms with Crippen molar-refractivity contribution in [2.24, 2.45) is 0 Å². The maximum atomic E-state index is 12.4. The molecule has 6 heteroatoms. The van der Waals surface area contributed by atoms with E-state index in [4.69, 9.17) is 4.74 Å². The average molecular weight is 301 g/mol. The Balaban J connectivity index is 2.27. The summed E-state index contributed by atoms with van der Waals surface area (Å²) in [5, 5.41) is 6.89. The minimum Gasteiger partial charge on any atom is -0.495 e. The van der Waals surface area contributed by atoms with Crippen LogP contribution < -0.4 is 15.6 Å². The number of amides is 1. The second-order valence-electron chi connectivity index (χ2n) is 5.13. The predicted molar refractivity (Wildman–Crippen MR) is 84.3 cm³/mol. The molecule has 116 valence electrons. The highest BCUT2D eigenvalue weighted by atomic mass is 16.5. The number of carbonyl (C=O) groups is 1. The fraction of sp³-hybridized carbons (Fsp3) is 0.312. The predicted octanol–water partition coefficient (Wildman–Crippen LogP) is 2.07. The topological polar surface area (TPSA) is 73.2 Å². The van der Waals surface area contributed by atoms with Crippen LogP contribution in [0.25, 0.3) is 0 Å². The van der Waals surface area contributed by atoms with Gasteiger partial charge in [0.15, 0.2) is 0 Å². The summed E-state index contributed by atoms with van der Waals surface area (Å²) >= 11 is 0. The van der Waals surface area contributed by atoms with E-state index in [2.05, 4.69) is 10.4 Å². The molecule has 1 aromatic heterocycles. The van der Waals surface area contributed by atoms with E-state index in [1.165, 1.54) is 17.9 Å². The molecule has 6 nitrogen and oxygen atoms in total. The molecule has 0 saturated heterocycles. The lowest BCUT2D eigenvalue weighted by Crippen LogP contribution is -2.33. The molecule has 0 bridgehead atoms. The van der Waals surface area contributed by atoms with Crippen molar-refractivity contribution in [3.8, 4) is 5.75 Å². The zero-order chi connectivity index (χ0) is 16.3. The highest BCUT2D eigenvalue weighted by molar-refractivity contribution is 5.94. The normalized spacial score (nSPS) is 11.8. The third kappa shape index (κ3) is 3.33. The largest absolute Gasteiger partial charge is 0.495 e. The van der Waals surface area contributed by atoms with Gasteiger partial charge in [-0.25, -0.2) is 4.68 Å². The van der Waals surface area contributed by atoms with Gasteiger partial charge in [-0.05, 0) is 44.5 Å². The van der Waals surface area contributed by atoms with Gasteiger partial charge in [0.05, 0.1) is 18.5 Å². The average Bonchev–Trinajstić information content (AvgIpc) is 2.49. The van der Waals surface area contributed by atoms with Gasteiger partial charge in [-0.2, -0.15) is 5.10 Å². The fourth-order valence-corrected chi connectivity index (χ4v) is 2.07. The van der Waals surface area contributed by atoms with E-state index >= 15 is 0 Å². The van der Waals surface area contributed by atoms with Crippen LogP contribution >= 0.6 is 0 Å². The zero-order valence-corrected chi connectivity index (χ0v) is 13.1. The Labute approximate surface area is 128 Å². The molecule has 1 amide bonds. The third-order valence-electron chi connectivity index (χ3n) is 3.32. The van der Waals surface area contributed by atoms with Crippen molar-refractivity contribution in [1.29, 1.82) is 0 Å². The highest BCUT2D eigenvalue weighted by Crippen LogP contribution is 2.25. The van der Waals surface area contributed by atoms with Crippen LogP contribution in [0.4, 0.5) is 5.69 Å². The quantitative estimate of drug-likeness (QED) is 0.938. The number of hydrogen-bond donors (Lipinski definition) is 1. The van der Waals surface area contributed by atoms with E-state index in [1.807, 2.05) is 19.1 Å². The molecule has 2 rings (SSSR count). The van der Waals surface area contributed by atoms with E-state index in [9.17, 15) is 9.59 Å². The summed E-state index contributed by atoms with van der Waals surface area (Å²) in [6.07, 6.45) is 0. The zero-order valence-electron chi connectivity index (χ0n) is 13.1. The minimum atomic E-state index is -0.724. The van der Waals surface area contributed by atoms with Gasteiger partial charge in [0.25, 0.3) is 5.56 Å². The van der Waals surface area contributed by atoms with Crippen LogP contribution in [-0.2, 0) is 4.79 Å². The molecule has 0 fully saturated rings. The Hall–Kier alpha value is -2.63. The number of rotatable bonds is 4. The summed E-state index contributed by atoms with van der Waals surface area (Å²) in [4.78, 5) is 24.2. The van der Waals surface area contributed by atoms with Crippen molar-refractivity contribution in [2.45, 2.75) is 26.8 Å². The first kappa shape index (κ1) is 15.8. The number of carbonyl (C=O) groups excluding carboxylic acids is 1. The molecule has 1 aromatic carbocycles. The molecule has 22 heavy (non-hydrogen) atoms. The van der Waals surface area contributed by atoms with Crippen LogP contribution in [0.1, 0.15) is 24.2 Å². The number of ether oxygens (including phenoxy) is 1. The summed E-state index contributed by atoms with van der Waals surface area (Å²) in [6.45, 7) is 5.32. The van der Waals surface area contributed by atoms with Crippen molar-refractivity contribution in [3.63, 3.8) is 0 Å². The van der Waals surface area contributed by atoms with E-state index in [-0.39, 0.29) is 11.5 Å². The SMILES string of the molecule is COc1ccc(C)cc1NC(=O)C(C)n1nc(C)ccc1=O. The first-order chi connectivity index (χ1) is 10.4. The van der Waals surface area contributed by atoms with E-state index in [0.717, 1.165) is 5.56 Å². The number of benzene rings is 1. The first-order valence-electron chi connectivity index (χ1n) is 6.94. The summed E-state index contributed by atoms with van der Waals surface area (Å²) in [6, 6.07) is 7.79. The molecule has 0 aliphatic heterocycles. The van der Waals surface area contributed by atoms with Gasteiger partial charge in [0.2, 0.25) is 5.91 Å². The van der Waals surface area contributed by atoms with Gasteiger partial charge in [-0.3, -0.25) is 9.59 Å². The van der Waals surface area contributed by atoms with Crippen LogP contribution in [0.3, 0.4) is 0 Å². The first-order valence-corrected chi connectivity index (χ1v) is 6.94. The van der Waals surface area contributed by atoms with Crippen molar-refractivity contribution in [1.82, 2.24) is 9.78 Å². The minimum absolute atomic E-state index is 0.315. The van der Waals surface area contributed by atoms with Crippen molar-refractivity contribution < 1.29 is 9.53 Å². The summed E-state index contributed by atoms with van der Waals surface area (Å²) in [5.41, 5.74) is 1.92. The van der Waals surface area contributed by atoms with Crippen molar-refractivity contribution in [2.75, 3.05) is 12.4 Å². The Morgan fingerprint density at radius 2 is 2.00 bits per heavy atom. The second-order valence-corrected chi connectivity index (χ2v) is 5.13. The molecule has 1 N–H and O–H groups in total. The molecule has 1 heterocycles. The second kappa shape index (κ2) is 6.43. The van der Waals surface area contributed by atoms with E-state index < -0.39 is 6.04 Å². The lowest BCUT2D eigenvalue weighted by Gasteiger charge is -2.16. The summed E-state index contributed by atoms with van der Waals surface area (Å²) in [5.74, 6) is 0.236. The number of anilines is 1. The van der Waals surface area contributed by atoms with E-state index in [0.29, 0.717) is 17.1 Å². The van der Waals surface area contributed by atoms with Gasteiger partial charge >= 0.3 is 0 Å². The Bertz CT molecular complexity index is 753. The maximum Gasteiger partial charge on any atom is 0.267 e. The number of nitrogens with zero attached hydrogens (tertiary/aromatic N) is 2. The van der Waals surface area contributed by atoms with Crippen LogP contribution in [-0.4, -0.2) is 22.8 Å². The molecule has 0 saturated carbocycles. The Morgan fingerprint density at radius 3 is 2.68 bits per heavy atom. The number of nitrogens with one attached hydrogen (secondary N) is 1. The number of aryl methyl sites for hydroxylation is 2. The van der Waals surface area contributed by atoms with E-state index in [1.54, 1.807) is 26.0 Å². The summed E-state index contributed by atoms with van der Waals surface area (Å²) < 4.78 is 6.40. The van der Waals surface area contributed by atoms with Gasteiger partial charge < -0.3 is 10.1 Å². The van der Waals surface area contributed by atoms with Crippen LogP contribution in [0, 0.1) is 13.8 Å². The smallest absolute Gasteiger partial charge is 0.267 e. The van der Waals surface area contributed by atoms with Gasteiger partial charge in [-0.1, -0.05) is 6.07 Å². The summed E-state index contributed by atoms with van der Waals surface area (Å²) in [7, 11) is 1.54. The van der Waals surface area contributed by atoms with Gasteiger partial charge in [0.1, 0.15) is 11.8 Å². The molecule has 1 atom stereocenters. The lowest BCUT2D eigenvalue weighted by atomic mass is 10.2. The fourth-order valence-electron chi connectivity index (χ4n) is 2.07. The molecule has 2 aromatic rings. The Kier molecular flexibility index (Phi) is 4.60. The van der Waals surface area contributed by atoms with Crippen molar-refractivity contribution in [3.05, 3.63) is 51.9 Å². The van der Waals surface area contributed by atoms with Gasteiger partial charge in [-0.15, -0.1) is 0 Å². The monoisotopic (exact) mass is 301 g/mol. The molecule has 1 unspecified atom stereocenters. The standard InChI is InChI=1S/C16H19N3O3/c1-10-5-7-14(22-4)13(9-10)17-16(21)12(3)19-15(20)8-6-11(2)18-19/h5-9,12H,1-4H3,(H,17,21). The number of methoxy groups -OCH3 is 1.